The van der Waals surface area contributed by atoms with Gasteiger partial charge < -0.3 is 9.84 Å². The van der Waals surface area contributed by atoms with Gasteiger partial charge in [0.05, 0.1) is 23.3 Å². The summed E-state index contributed by atoms with van der Waals surface area (Å²) >= 11 is 3.78. The zero-order valence-electron chi connectivity index (χ0n) is 10.9. The maximum atomic E-state index is 11.4. The molecule has 2 aliphatic heterocycles. The number of nitrogens with zero attached hydrogens (tertiary/aromatic N) is 2. The molecular formula is C11H17N3O3S3. The fourth-order valence-corrected chi connectivity index (χ4v) is 6.59. The number of hydrogen-bond donors (Lipinski definition) is 1. The lowest BCUT2D eigenvalue weighted by Crippen LogP contribution is -2.29. The van der Waals surface area contributed by atoms with Gasteiger partial charge in [-0.25, -0.2) is 8.42 Å². The minimum Gasteiger partial charge on any atom is -0.338 e. The average molecular weight is 335 g/mol. The highest BCUT2D eigenvalue weighted by atomic mass is 32.2. The Morgan fingerprint density at radius 3 is 3.00 bits per heavy atom. The fourth-order valence-electron chi connectivity index (χ4n) is 2.30. The van der Waals surface area contributed by atoms with Crippen molar-refractivity contribution in [1.29, 1.82) is 0 Å². The van der Waals surface area contributed by atoms with Crippen molar-refractivity contribution in [1.82, 2.24) is 15.5 Å². The molecule has 2 aliphatic rings. The number of hydrogen-bond acceptors (Lipinski definition) is 8. The molecule has 1 aromatic rings. The molecule has 2 fully saturated rings. The van der Waals surface area contributed by atoms with Crippen LogP contribution >= 0.6 is 23.5 Å². The van der Waals surface area contributed by atoms with Gasteiger partial charge in [0.25, 0.3) is 0 Å². The van der Waals surface area contributed by atoms with Crippen LogP contribution in [-0.2, 0) is 16.4 Å². The van der Waals surface area contributed by atoms with E-state index in [2.05, 4.69) is 15.5 Å². The van der Waals surface area contributed by atoms with Crippen LogP contribution in [0.25, 0.3) is 0 Å². The Labute approximate surface area is 126 Å². The molecular weight excluding hydrogens is 318 g/mol. The van der Waals surface area contributed by atoms with E-state index in [1.165, 1.54) is 5.75 Å². The zero-order valence-corrected chi connectivity index (χ0v) is 13.4. The van der Waals surface area contributed by atoms with Gasteiger partial charge in [-0.15, -0.1) is 11.8 Å². The maximum absolute atomic E-state index is 11.4. The highest BCUT2D eigenvalue weighted by Gasteiger charge is 2.28. The lowest BCUT2D eigenvalue weighted by molar-refractivity contribution is 0.356. The molecule has 112 valence electrons. The molecule has 0 bridgehead atoms. The van der Waals surface area contributed by atoms with Crippen molar-refractivity contribution in [3.63, 3.8) is 0 Å². The van der Waals surface area contributed by atoms with E-state index in [1.54, 1.807) is 0 Å². The second-order valence-corrected chi connectivity index (χ2v) is 9.65. The van der Waals surface area contributed by atoms with Crippen molar-refractivity contribution in [2.75, 3.05) is 28.8 Å². The number of nitrogens with one attached hydrogen (secondary N) is 1. The summed E-state index contributed by atoms with van der Waals surface area (Å²) in [6.07, 6.45) is 0.665. The van der Waals surface area contributed by atoms with Crippen LogP contribution in [0.15, 0.2) is 4.52 Å². The summed E-state index contributed by atoms with van der Waals surface area (Å²) in [7, 11) is -2.85. The number of thioether (sulfide) groups is 2. The van der Waals surface area contributed by atoms with Crippen molar-refractivity contribution in [2.24, 2.45) is 0 Å². The molecule has 0 spiro atoms. The molecule has 2 atom stereocenters. The van der Waals surface area contributed by atoms with Crippen LogP contribution in [0.1, 0.15) is 23.4 Å². The van der Waals surface area contributed by atoms with Gasteiger partial charge in [0.1, 0.15) is 0 Å². The summed E-state index contributed by atoms with van der Waals surface area (Å²) in [5, 5.41) is 7.54. The maximum Gasteiger partial charge on any atom is 0.240 e. The van der Waals surface area contributed by atoms with Gasteiger partial charge in [0.2, 0.25) is 5.89 Å². The van der Waals surface area contributed by atoms with Gasteiger partial charge in [-0.2, -0.15) is 16.7 Å². The second kappa shape index (κ2) is 6.25. The minimum absolute atomic E-state index is 0.00922. The smallest absolute Gasteiger partial charge is 0.240 e. The monoisotopic (exact) mass is 335 g/mol. The van der Waals surface area contributed by atoms with E-state index in [0.29, 0.717) is 24.1 Å². The Bertz CT molecular complexity index is 554. The predicted molar refractivity (Wildman–Crippen MR) is 80.7 cm³/mol. The van der Waals surface area contributed by atoms with Crippen molar-refractivity contribution in [3.05, 3.63) is 11.7 Å². The Hall–Kier alpha value is -0.250. The van der Waals surface area contributed by atoms with E-state index in [-0.39, 0.29) is 17.5 Å². The Morgan fingerprint density at radius 2 is 2.30 bits per heavy atom. The van der Waals surface area contributed by atoms with Crippen LogP contribution in [0, 0.1) is 0 Å². The Balaban J connectivity index is 1.52. The van der Waals surface area contributed by atoms with Crippen LogP contribution in [0.3, 0.4) is 0 Å². The SMILES string of the molecule is O=S1(=O)CCC(NCc2nc(C3CSCCS3)no2)C1. The van der Waals surface area contributed by atoms with Gasteiger partial charge in [-0.05, 0) is 6.42 Å². The molecule has 2 unspecified atom stereocenters. The highest BCUT2D eigenvalue weighted by Crippen LogP contribution is 2.35. The summed E-state index contributed by atoms with van der Waals surface area (Å²) in [6.45, 7) is 0.442. The molecule has 0 saturated carbocycles. The molecule has 0 aromatic carbocycles. The molecule has 3 rings (SSSR count). The number of aromatic nitrogens is 2. The normalized spacial score (nSPS) is 29.6. The second-order valence-electron chi connectivity index (χ2n) is 4.96. The van der Waals surface area contributed by atoms with Crippen LogP contribution in [-0.4, -0.2) is 53.4 Å². The number of sulfone groups is 1. The molecule has 6 nitrogen and oxygen atoms in total. The third-order valence-electron chi connectivity index (χ3n) is 3.36. The zero-order chi connectivity index (χ0) is 14.0. The average Bonchev–Trinajstić information content (AvgIpc) is 3.04. The Morgan fingerprint density at radius 1 is 1.40 bits per heavy atom. The van der Waals surface area contributed by atoms with Crippen LogP contribution < -0.4 is 5.32 Å². The van der Waals surface area contributed by atoms with Crippen molar-refractivity contribution < 1.29 is 12.9 Å². The van der Waals surface area contributed by atoms with Crippen molar-refractivity contribution in [3.8, 4) is 0 Å². The van der Waals surface area contributed by atoms with E-state index in [1.807, 2.05) is 23.5 Å². The largest absolute Gasteiger partial charge is 0.338 e. The molecule has 1 N–H and O–H groups in total. The van der Waals surface area contributed by atoms with Crippen LogP contribution in [0.4, 0.5) is 0 Å². The van der Waals surface area contributed by atoms with Gasteiger partial charge in [0, 0.05) is 23.3 Å². The van der Waals surface area contributed by atoms with Gasteiger partial charge in [-0.3, -0.25) is 0 Å². The van der Waals surface area contributed by atoms with Gasteiger partial charge >= 0.3 is 0 Å². The van der Waals surface area contributed by atoms with Crippen molar-refractivity contribution >= 4 is 33.4 Å². The first kappa shape index (κ1) is 14.7. The summed E-state index contributed by atoms with van der Waals surface area (Å²) in [5.74, 6) is 5.12. The molecule has 0 aliphatic carbocycles. The lowest BCUT2D eigenvalue weighted by atomic mass is 10.3. The molecule has 20 heavy (non-hydrogen) atoms. The predicted octanol–water partition coefficient (Wildman–Crippen LogP) is 0.867. The summed E-state index contributed by atoms with van der Waals surface area (Å²) < 4.78 is 28.0. The van der Waals surface area contributed by atoms with E-state index in [0.717, 1.165) is 17.3 Å². The van der Waals surface area contributed by atoms with Gasteiger partial charge in [-0.1, -0.05) is 5.16 Å². The Kier molecular flexibility index (Phi) is 4.58. The summed E-state index contributed by atoms with van der Waals surface area (Å²) in [6, 6.07) is 0.00922. The van der Waals surface area contributed by atoms with Crippen LogP contribution in [0.2, 0.25) is 0 Å². The summed E-state index contributed by atoms with van der Waals surface area (Å²) in [5.41, 5.74) is 0. The topological polar surface area (TPSA) is 85.1 Å². The first-order valence-electron chi connectivity index (χ1n) is 6.58. The lowest BCUT2D eigenvalue weighted by Gasteiger charge is -2.17. The molecule has 2 saturated heterocycles. The molecule has 0 radical (unpaired) electrons. The summed E-state index contributed by atoms with van der Waals surface area (Å²) in [4.78, 5) is 4.41. The minimum atomic E-state index is -2.85. The fraction of sp³-hybridized carbons (Fsp3) is 0.818. The highest BCUT2D eigenvalue weighted by molar-refractivity contribution is 8.06. The van der Waals surface area contributed by atoms with Crippen LogP contribution in [0.5, 0.6) is 0 Å². The van der Waals surface area contributed by atoms with E-state index in [9.17, 15) is 8.42 Å². The molecule has 9 heteroatoms. The van der Waals surface area contributed by atoms with Crippen molar-refractivity contribution in [2.45, 2.75) is 24.3 Å². The third-order valence-corrected chi connectivity index (χ3v) is 7.88. The molecule has 3 heterocycles. The van der Waals surface area contributed by atoms with Gasteiger partial charge in [0.15, 0.2) is 15.7 Å². The third kappa shape index (κ3) is 3.69. The van der Waals surface area contributed by atoms with E-state index < -0.39 is 9.84 Å². The standard InChI is InChI=1S/C11H17N3O3S3/c15-20(16)4-1-8(7-20)12-5-10-13-11(14-17-10)9-6-18-2-3-19-9/h8-9,12H,1-7H2. The first-order valence-corrected chi connectivity index (χ1v) is 10.6. The first-order chi connectivity index (χ1) is 9.62. The number of rotatable bonds is 4. The van der Waals surface area contributed by atoms with E-state index in [4.69, 9.17) is 4.52 Å². The van der Waals surface area contributed by atoms with E-state index >= 15 is 0 Å². The molecule has 0 amide bonds. The molecule has 1 aromatic heterocycles. The quantitative estimate of drug-likeness (QED) is 0.867.